The Kier molecular flexibility index (Phi) is 6.27. The molecule has 0 aliphatic rings. The van der Waals surface area contributed by atoms with Crippen molar-refractivity contribution in [1.82, 2.24) is 0 Å². The zero-order chi connectivity index (χ0) is 18.3. The predicted molar refractivity (Wildman–Crippen MR) is 90.8 cm³/mol. The summed E-state index contributed by atoms with van der Waals surface area (Å²) in [5.74, 6) is 0.309. The van der Waals surface area contributed by atoms with Gasteiger partial charge in [-0.15, -0.1) is 0 Å². The molecule has 0 atom stereocenters. The van der Waals surface area contributed by atoms with Crippen molar-refractivity contribution in [2.75, 3.05) is 23.8 Å². The summed E-state index contributed by atoms with van der Waals surface area (Å²) >= 11 is 0. The number of ether oxygens (including phenoxy) is 1. The second-order valence-electron chi connectivity index (χ2n) is 5.23. The molecule has 7 heteroatoms. The Balaban J connectivity index is 1.87. The van der Waals surface area contributed by atoms with Gasteiger partial charge in [0.2, 0.25) is 5.91 Å². The smallest absolute Gasteiger partial charge is 0.416 e. The first-order valence-electron chi connectivity index (χ1n) is 7.83. The van der Waals surface area contributed by atoms with Crippen LogP contribution in [0.3, 0.4) is 0 Å². The molecule has 0 saturated heterocycles. The van der Waals surface area contributed by atoms with Gasteiger partial charge in [-0.3, -0.25) is 4.79 Å². The minimum absolute atomic E-state index is 0.108. The van der Waals surface area contributed by atoms with E-state index in [0.29, 0.717) is 18.9 Å². The molecule has 0 spiro atoms. The van der Waals surface area contributed by atoms with Crippen molar-refractivity contribution in [2.45, 2.75) is 19.5 Å². The molecule has 2 aromatic rings. The van der Waals surface area contributed by atoms with Gasteiger partial charge in [0.15, 0.2) is 0 Å². The Morgan fingerprint density at radius 1 is 1.12 bits per heavy atom. The van der Waals surface area contributed by atoms with E-state index in [1.165, 1.54) is 12.1 Å². The molecule has 0 radical (unpaired) electrons. The predicted octanol–water partition coefficient (Wildman–Crippen LogP) is 4.54. The molecule has 0 bridgehead atoms. The van der Waals surface area contributed by atoms with Crippen LogP contribution in [0, 0.1) is 0 Å². The molecule has 0 saturated carbocycles. The van der Waals surface area contributed by atoms with Crippen LogP contribution in [-0.2, 0) is 11.0 Å². The van der Waals surface area contributed by atoms with Crippen LogP contribution in [0.4, 0.5) is 24.5 Å². The fraction of sp³-hybridized carbons (Fsp3) is 0.278. The van der Waals surface area contributed by atoms with E-state index in [1.54, 1.807) is 0 Å². The molecule has 4 nitrogen and oxygen atoms in total. The van der Waals surface area contributed by atoms with Crippen molar-refractivity contribution in [3.8, 4) is 5.75 Å². The maximum atomic E-state index is 12.7. The van der Waals surface area contributed by atoms with Crippen LogP contribution in [0.5, 0.6) is 5.75 Å². The molecular weight excluding hydrogens is 333 g/mol. The Labute approximate surface area is 144 Å². The fourth-order valence-corrected chi connectivity index (χ4v) is 2.20. The van der Waals surface area contributed by atoms with Crippen LogP contribution in [0.2, 0.25) is 0 Å². The minimum Gasteiger partial charge on any atom is -0.492 e. The van der Waals surface area contributed by atoms with E-state index in [9.17, 15) is 18.0 Å². The lowest BCUT2D eigenvalue weighted by Gasteiger charge is -2.12. The average molecular weight is 352 g/mol. The molecule has 25 heavy (non-hydrogen) atoms. The number of amides is 1. The summed E-state index contributed by atoms with van der Waals surface area (Å²) in [5.41, 5.74) is 0.0832. The van der Waals surface area contributed by atoms with Crippen molar-refractivity contribution >= 4 is 17.3 Å². The number of alkyl halides is 3. The van der Waals surface area contributed by atoms with Gasteiger partial charge < -0.3 is 15.4 Å². The van der Waals surface area contributed by atoms with Crippen molar-refractivity contribution in [2.24, 2.45) is 0 Å². The second kappa shape index (κ2) is 8.41. The molecule has 1 amide bonds. The van der Waals surface area contributed by atoms with Gasteiger partial charge in [0.25, 0.3) is 0 Å². The third-order valence-corrected chi connectivity index (χ3v) is 3.33. The number of hydrogen-bond donors (Lipinski definition) is 2. The van der Waals surface area contributed by atoms with Gasteiger partial charge in [-0.25, -0.2) is 0 Å². The summed E-state index contributed by atoms with van der Waals surface area (Å²) < 4.78 is 43.5. The summed E-state index contributed by atoms with van der Waals surface area (Å²) in [7, 11) is 0. The van der Waals surface area contributed by atoms with Gasteiger partial charge in [-0.1, -0.05) is 18.2 Å². The van der Waals surface area contributed by atoms with Gasteiger partial charge in [0.05, 0.1) is 17.9 Å². The molecule has 2 rings (SSSR count). The minimum atomic E-state index is -4.44. The zero-order valence-electron chi connectivity index (χ0n) is 13.7. The maximum Gasteiger partial charge on any atom is 0.416 e. The number of para-hydroxylation sites is 2. The molecule has 0 heterocycles. The molecule has 0 unspecified atom stereocenters. The number of carbonyl (C=O) groups excluding carboxylic acids is 1. The number of carbonyl (C=O) groups is 1. The third-order valence-electron chi connectivity index (χ3n) is 3.33. The second-order valence-corrected chi connectivity index (χ2v) is 5.23. The van der Waals surface area contributed by atoms with Crippen LogP contribution < -0.4 is 15.4 Å². The van der Waals surface area contributed by atoms with Crippen molar-refractivity contribution in [3.05, 3.63) is 54.1 Å². The zero-order valence-corrected chi connectivity index (χ0v) is 13.7. The van der Waals surface area contributed by atoms with Crippen molar-refractivity contribution in [1.29, 1.82) is 0 Å². The lowest BCUT2D eigenvalue weighted by Crippen LogP contribution is -2.17. The summed E-state index contributed by atoms with van der Waals surface area (Å²) in [6.45, 7) is 2.73. The van der Waals surface area contributed by atoms with Crippen molar-refractivity contribution < 1.29 is 22.7 Å². The number of nitrogens with one attached hydrogen (secondary N) is 2. The van der Waals surface area contributed by atoms with Gasteiger partial charge in [0.1, 0.15) is 5.75 Å². The Bertz CT molecular complexity index is 717. The summed E-state index contributed by atoms with van der Waals surface area (Å²) in [4.78, 5) is 11.9. The molecule has 134 valence electrons. The molecule has 2 N–H and O–H groups in total. The molecule has 2 aromatic carbocycles. The normalized spacial score (nSPS) is 11.0. The largest absolute Gasteiger partial charge is 0.492 e. The van der Waals surface area contributed by atoms with E-state index in [-0.39, 0.29) is 18.0 Å². The Hall–Kier alpha value is -2.70. The SMILES string of the molecule is CCOc1ccccc1NCCC(=O)Nc1cccc(C(F)(F)F)c1. The highest BCUT2D eigenvalue weighted by atomic mass is 19.4. The van der Waals surface area contributed by atoms with E-state index < -0.39 is 11.7 Å². The van der Waals surface area contributed by atoms with E-state index >= 15 is 0 Å². The molecule has 0 fully saturated rings. The Morgan fingerprint density at radius 3 is 2.60 bits per heavy atom. The number of rotatable bonds is 7. The van der Waals surface area contributed by atoms with E-state index in [2.05, 4.69) is 10.6 Å². The van der Waals surface area contributed by atoms with Crippen LogP contribution in [-0.4, -0.2) is 19.1 Å². The highest BCUT2D eigenvalue weighted by molar-refractivity contribution is 5.91. The van der Waals surface area contributed by atoms with Gasteiger partial charge in [-0.05, 0) is 37.3 Å². The number of hydrogen-bond acceptors (Lipinski definition) is 3. The average Bonchev–Trinajstić information content (AvgIpc) is 2.56. The summed E-state index contributed by atoms with van der Waals surface area (Å²) in [6, 6.07) is 11.9. The molecule has 0 aliphatic carbocycles. The van der Waals surface area contributed by atoms with Crippen molar-refractivity contribution in [3.63, 3.8) is 0 Å². The lowest BCUT2D eigenvalue weighted by atomic mass is 10.2. The fourth-order valence-electron chi connectivity index (χ4n) is 2.20. The standard InChI is InChI=1S/C18H19F3N2O2/c1-2-25-16-9-4-3-8-15(16)22-11-10-17(24)23-14-7-5-6-13(12-14)18(19,20)21/h3-9,12,22H,2,10-11H2,1H3,(H,23,24). The maximum absolute atomic E-state index is 12.7. The monoisotopic (exact) mass is 352 g/mol. The van der Waals surface area contributed by atoms with E-state index in [4.69, 9.17) is 4.74 Å². The molecule has 0 aliphatic heterocycles. The third kappa shape index (κ3) is 5.70. The lowest BCUT2D eigenvalue weighted by molar-refractivity contribution is -0.137. The number of benzene rings is 2. The van der Waals surface area contributed by atoms with Gasteiger partial charge in [0, 0.05) is 18.7 Å². The van der Waals surface area contributed by atoms with Crippen LogP contribution in [0.15, 0.2) is 48.5 Å². The highest BCUT2D eigenvalue weighted by Gasteiger charge is 2.30. The summed E-state index contributed by atoms with van der Waals surface area (Å²) in [5, 5.41) is 5.55. The first-order chi connectivity index (χ1) is 11.9. The van der Waals surface area contributed by atoms with Gasteiger partial charge in [-0.2, -0.15) is 13.2 Å². The number of halogens is 3. The van der Waals surface area contributed by atoms with Crippen LogP contribution in [0.1, 0.15) is 18.9 Å². The van der Waals surface area contributed by atoms with E-state index in [1.807, 2.05) is 31.2 Å². The highest BCUT2D eigenvalue weighted by Crippen LogP contribution is 2.30. The first-order valence-corrected chi connectivity index (χ1v) is 7.83. The van der Waals surface area contributed by atoms with E-state index in [0.717, 1.165) is 17.8 Å². The number of anilines is 2. The van der Waals surface area contributed by atoms with Crippen LogP contribution in [0.25, 0.3) is 0 Å². The molecular formula is C18H19F3N2O2. The quantitative estimate of drug-likeness (QED) is 0.769. The topological polar surface area (TPSA) is 50.4 Å². The molecule has 0 aromatic heterocycles. The Morgan fingerprint density at radius 2 is 1.88 bits per heavy atom. The van der Waals surface area contributed by atoms with Gasteiger partial charge >= 0.3 is 6.18 Å². The summed E-state index contributed by atoms with van der Waals surface area (Å²) in [6.07, 6.45) is -4.33. The van der Waals surface area contributed by atoms with Crippen LogP contribution >= 0.6 is 0 Å². The first kappa shape index (κ1) is 18.6.